The summed E-state index contributed by atoms with van der Waals surface area (Å²) in [5, 5.41) is 0. The Hall–Kier alpha value is -2.39. The Kier molecular flexibility index (Phi) is 5.28. The van der Waals surface area contributed by atoms with Gasteiger partial charge in [-0.05, 0) is 42.9 Å². The molecule has 26 heavy (non-hydrogen) atoms. The van der Waals surface area contributed by atoms with E-state index in [1.54, 1.807) is 13.8 Å². The van der Waals surface area contributed by atoms with Gasteiger partial charge in [-0.2, -0.15) is 0 Å². The average molecular weight is 350 g/mol. The van der Waals surface area contributed by atoms with Gasteiger partial charge < -0.3 is 9.47 Å². The van der Waals surface area contributed by atoms with Crippen LogP contribution in [-0.4, -0.2) is 17.4 Å². The lowest BCUT2D eigenvalue weighted by Gasteiger charge is -2.21. The summed E-state index contributed by atoms with van der Waals surface area (Å²) in [5.74, 6) is -1.10. The van der Waals surface area contributed by atoms with Crippen molar-refractivity contribution in [1.82, 2.24) is 0 Å². The Morgan fingerprint density at radius 2 is 1.46 bits per heavy atom. The molecule has 3 rings (SSSR count). The van der Waals surface area contributed by atoms with E-state index in [1.165, 1.54) is 16.7 Å². The van der Waals surface area contributed by atoms with Gasteiger partial charge in [0.1, 0.15) is 0 Å². The summed E-state index contributed by atoms with van der Waals surface area (Å²) in [4.78, 5) is 12.1. The second kappa shape index (κ2) is 7.46. The SMILES string of the molecule is CC1(C)OC(=O)C(C)(CCCC=C(c2ccccc2)c2ccccc2)O1. The largest absolute Gasteiger partial charge is 0.432 e. The van der Waals surface area contributed by atoms with Gasteiger partial charge in [0.15, 0.2) is 5.60 Å². The number of carbonyl (C=O) groups excluding carboxylic acids is 1. The molecular formula is C23H26O3. The van der Waals surface area contributed by atoms with E-state index in [1.807, 2.05) is 19.1 Å². The van der Waals surface area contributed by atoms with Gasteiger partial charge in [0.2, 0.25) is 5.79 Å². The van der Waals surface area contributed by atoms with Crippen molar-refractivity contribution in [2.24, 2.45) is 0 Å². The maximum absolute atomic E-state index is 12.1. The summed E-state index contributed by atoms with van der Waals surface area (Å²) >= 11 is 0. The molecule has 1 aliphatic heterocycles. The average Bonchev–Trinajstić information content (AvgIpc) is 2.83. The predicted molar refractivity (Wildman–Crippen MR) is 103 cm³/mol. The maximum Gasteiger partial charge on any atom is 0.340 e. The molecule has 2 aromatic rings. The van der Waals surface area contributed by atoms with Gasteiger partial charge in [-0.3, -0.25) is 0 Å². The van der Waals surface area contributed by atoms with Gasteiger partial charge in [-0.1, -0.05) is 66.7 Å². The fourth-order valence-corrected chi connectivity index (χ4v) is 3.41. The molecule has 1 saturated heterocycles. The molecule has 1 unspecified atom stereocenters. The van der Waals surface area contributed by atoms with Gasteiger partial charge >= 0.3 is 5.97 Å². The van der Waals surface area contributed by atoms with Crippen LogP contribution in [0.3, 0.4) is 0 Å². The Balaban J connectivity index is 1.71. The summed E-state index contributed by atoms with van der Waals surface area (Å²) in [5.41, 5.74) is 2.76. The van der Waals surface area contributed by atoms with Gasteiger partial charge in [0, 0.05) is 13.8 Å². The molecule has 1 fully saturated rings. The predicted octanol–water partition coefficient (Wildman–Crippen LogP) is 5.36. The second-order valence-corrected chi connectivity index (χ2v) is 7.36. The van der Waals surface area contributed by atoms with E-state index in [4.69, 9.17) is 9.47 Å². The number of ether oxygens (including phenoxy) is 2. The molecule has 0 saturated carbocycles. The van der Waals surface area contributed by atoms with Crippen LogP contribution in [0.25, 0.3) is 5.57 Å². The Morgan fingerprint density at radius 3 is 1.92 bits per heavy atom. The zero-order valence-electron chi connectivity index (χ0n) is 15.7. The Morgan fingerprint density at radius 1 is 0.923 bits per heavy atom. The van der Waals surface area contributed by atoms with Gasteiger partial charge in [0.05, 0.1) is 0 Å². The van der Waals surface area contributed by atoms with Crippen LogP contribution < -0.4 is 0 Å². The fourth-order valence-electron chi connectivity index (χ4n) is 3.41. The lowest BCUT2D eigenvalue weighted by molar-refractivity contribution is -0.165. The molecule has 136 valence electrons. The smallest absolute Gasteiger partial charge is 0.340 e. The van der Waals surface area contributed by atoms with Gasteiger partial charge in [0.25, 0.3) is 0 Å². The van der Waals surface area contributed by atoms with E-state index < -0.39 is 11.4 Å². The van der Waals surface area contributed by atoms with Crippen LogP contribution in [0, 0.1) is 0 Å². The molecule has 2 aromatic carbocycles. The molecule has 1 atom stereocenters. The first-order chi connectivity index (χ1) is 12.4. The van der Waals surface area contributed by atoms with Crippen molar-refractivity contribution in [3.05, 3.63) is 77.9 Å². The molecule has 0 aliphatic carbocycles. The van der Waals surface area contributed by atoms with E-state index >= 15 is 0 Å². The van der Waals surface area contributed by atoms with Crippen LogP contribution in [0.4, 0.5) is 0 Å². The molecule has 0 spiro atoms. The topological polar surface area (TPSA) is 35.5 Å². The van der Waals surface area contributed by atoms with E-state index in [9.17, 15) is 4.79 Å². The number of benzene rings is 2. The van der Waals surface area contributed by atoms with E-state index in [0.29, 0.717) is 6.42 Å². The lowest BCUT2D eigenvalue weighted by Crippen LogP contribution is -2.33. The lowest BCUT2D eigenvalue weighted by atomic mass is 9.94. The van der Waals surface area contributed by atoms with Crippen molar-refractivity contribution < 1.29 is 14.3 Å². The standard InChI is InChI=1S/C23H26O3/c1-22(2)25-21(24)23(3,26-22)17-11-10-16-20(18-12-6-4-7-13-18)19-14-8-5-9-15-19/h4-9,12-16H,10-11,17H2,1-3H3. The van der Waals surface area contributed by atoms with Gasteiger partial charge in [-0.25, -0.2) is 4.79 Å². The van der Waals surface area contributed by atoms with E-state index in [2.05, 4.69) is 54.6 Å². The highest BCUT2D eigenvalue weighted by Crippen LogP contribution is 2.35. The number of rotatable bonds is 6. The number of cyclic esters (lactones) is 1. The van der Waals surface area contributed by atoms with Crippen LogP contribution in [0.5, 0.6) is 0 Å². The van der Waals surface area contributed by atoms with Crippen molar-refractivity contribution in [3.8, 4) is 0 Å². The number of allylic oxidation sites excluding steroid dienone is 1. The summed E-state index contributed by atoms with van der Waals surface area (Å²) in [7, 11) is 0. The summed E-state index contributed by atoms with van der Waals surface area (Å²) in [6.45, 7) is 5.38. The maximum atomic E-state index is 12.1. The molecule has 0 N–H and O–H groups in total. The van der Waals surface area contributed by atoms with Crippen molar-refractivity contribution >= 4 is 11.5 Å². The number of esters is 1. The van der Waals surface area contributed by atoms with E-state index in [-0.39, 0.29) is 5.97 Å². The van der Waals surface area contributed by atoms with Crippen LogP contribution in [0.2, 0.25) is 0 Å². The zero-order valence-corrected chi connectivity index (χ0v) is 15.7. The van der Waals surface area contributed by atoms with Crippen molar-refractivity contribution in [2.45, 2.75) is 51.4 Å². The minimum absolute atomic E-state index is 0.266. The monoisotopic (exact) mass is 350 g/mol. The molecule has 0 aromatic heterocycles. The van der Waals surface area contributed by atoms with E-state index in [0.717, 1.165) is 12.8 Å². The zero-order chi connectivity index (χ0) is 18.6. The minimum atomic E-state index is -0.850. The molecule has 0 radical (unpaired) electrons. The summed E-state index contributed by atoms with van der Waals surface area (Å²) in [6.07, 6.45) is 4.61. The highest BCUT2D eigenvalue weighted by molar-refractivity contribution is 5.81. The van der Waals surface area contributed by atoms with Crippen LogP contribution in [-0.2, 0) is 14.3 Å². The molecular weight excluding hydrogens is 324 g/mol. The summed E-state index contributed by atoms with van der Waals surface area (Å²) < 4.78 is 11.1. The van der Waals surface area contributed by atoms with Gasteiger partial charge in [-0.15, -0.1) is 0 Å². The van der Waals surface area contributed by atoms with Crippen molar-refractivity contribution in [2.75, 3.05) is 0 Å². The molecule has 3 nitrogen and oxygen atoms in total. The van der Waals surface area contributed by atoms with Crippen molar-refractivity contribution in [3.63, 3.8) is 0 Å². The molecule has 1 aliphatic rings. The first-order valence-electron chi connectivity index (χ1n) is 9.14. The number of carbonyl (C=O) groups is 1. The minimum Gasteiger partial charge on any atom is -0.432 e. The molecule has 1 heterocycles. The second-order valence-electron chi connectivity index (χ2n) is 7.36. The molecule has 0 bridgehead atoms. The molecule has 3 heteroatoms. The quantitative estimate of drug-likeness (QED) is 0.520. The Bertz CT molecular complexity index is 736. The van der Waals surface area contributed by atoms with Crippen LogP contribution in [0.15, 0.2) is 66.7 Å². The third-order valence-corrected chi connectivity index (χ3v) is 4.62. The first-order valence-corrected chi connectivity index (χ1v) is 9.14. The number of hydrogen-bond acceptors (Lipinski definition) is 3. The number of unbranched alkanes of at least 4 members (excludes halogenated alkanes) is 1. The number of hydrogen-bond donors (Lipinski definition) is 0. The van der Waals surface area contributed by atoms with Crippen LogP contribution >= 0.6 is 0 Å². The third kappa shape index (κ3) is 4.23. The molecule has 0 amide bonds. The highest BCUT2D eigenvalue weighted by atomic mass is 16.8. The van der Waals surface area contributed by atoms with Crippen molar-refractivity contribution in [1.29, 1.82) is 0 Å². The third-order valence-electron chi connectivity index (χ3n) is 4.62. The summed E-state index contributed by atoms with van der Waals surface area (Å²) in [6, 6.07) is 20.8. The first kappa shape index (κ1) is 18.4. The Labute approximate surface area is 155 Å². The highest BCUT2D eigenvalue weighted by Gasteiger charge is 2.50. The fraction of sp³-hybridized carbons (Fsp3) is 0.348. The van der Waals surface area contributed by atoms with Crippen LogP contribution in [0.1, 0.15) is 51.2 Å². The normalized spacial score (nSPS) is 21.3.